The molecule has 102 valence electrons. The number of amides is 2. The summed E-state index contributed by atoms with van der Waals surface area (Å²) in [5, 5.41) is 5.66. The number of carbonyl (C=O) groups is 2. The van der Waals surface area contributed by atoms with Crippen LogP contribution < -0.4 is 10.6 Å². The molecule has 0 unspecified atom stereocenters. The molecule has 0 aliphatic carbocycles. The molecule has 2 amide bonds. The Morgan fingerprint density at radius 1 is 1.26 bits per heavy atom. The zero-order valence-corrected chi connectivity index (χ0v) is 10.8. The van der Waals surface area contributed by atoms with Gasteiger partial charge in [-0.1, -0.05) is 0 Å². The maximum absolute atomic E-state index is 11.8. The Morgan fingerprint density at radius 3 is 2.63 bits per heavy atom. The number of nitrogens with zero attached hydrogens (tertiary/aromatic N) is 2. The predicted molar refractivity (Wildman–Crippen MR) is 69.1 cm³/mol. The molecule has 2 rings (SSSR count). The van der Waals surface area contributed by atoms with E-state index in [-0.39, 0.29) is 24.2 Å². The number of hydrogen-bond acceptors (Lipinski definition) is 5. The lowest BCUT2D eigenvalue weighted by Gasteiger charge is -2.21. The van der Waals surface area contributed by atoms with Crippen LogP contribution in [0.25, 0.3) is 0 Å². The summed E-state index contributed by atoms with van der Waals surface area (Å²) < 4.78 is 0. The fourth-order valence-electron chi connectivity index (χ4n) is 2.10. The van der Waals surface area contributed by atoms with Gasteiger partial charge in [-0.15, -0.1) is 0 Å². The van der Waals surface area contributed by atoms with E-state index in [1.807, 2.05) is 0 Å². The van der Waals surface area contributed by atoms with E-state index >= 15 is 0 Å². The summed E-state index contributed by atoms with van der Waals surface area (Å²) in [5.41, 5.74) is 0.895. The molecule has 1 saturated heterocycles. The lowest BCUT2D eigenvalue weighted by atomic mass is 9.97. The molecule has 6 heteroatoms. The molecule has 1 aromatic heterocycles. The van der Waals surface area contributed by atoms with Crippen LogP contribution in [-0.4, -0.2) is 34.9 Å². The number of hydrogen-bond donors (Lipinski definition) is 2. The number of rotatable bonds is 4. The highest BCUT2D eigenvalue weighted by Gasteiger charge is 2.22. The van der Waals surface area contributed by atoms with Gasteiger partial charge in [-0.25, -0.2) is 9.97 Å². The standard InChI is InChI=1S/C13H18N4O2/c18-12(2-1-10-7-15-9-16-8-10)17-13(19)11-3-5-14-6-4-11/h7-9,11,14H,1-6H2,(H,17,18,19). The summed E-state index contributed by atoms with van der Waals surface area (Å²) in [4.78, 5) is 31.3. The molecule has 1 aromatic rings. The molecule has 19 heavy (non-hydrogen) atoms. The van der Waals surface area contributed by atoms with E-state index in [0.29, 0.717) is 6.42 Å². The van der Waals surface area contributed by atoms with E-state index in [0.717, 1.165) is 31.5 Å². The Bertz CT molecular complexity index is 430. The van der Waals surface area contributed by atoms with Gasteiger partial charge in [0.15, 0.2) is 0 Å². The molecule has 0 aromatic carbocycles. The molecule has 2 N–H and O–H groups in total. The summed E-state index contributed by atoms with van der Waals surface area (Å²) >= 11 is 0. The van der Waals surface area contributed by atoms with Crippen LogP contribution in [0.3, 0.4) is 0 Å². The van der Waals surface area contributed by atoms with Gasteiger partial charge in [-0.3, -0.25) is 14.9 Å². The number of carbonyl (C=O) groups excluding carboxylic acids is 2. The van der Waals surface area contributed by atoms with Gasteiger partial charge in [-0.05, 0) is 37.9 Å². The maximum Gasteiger partial charge on any atom is 0.229 e. The van der Waals surface area contributed by atoms with Gasteiger partial charge in [0, 0.05) is 24.7 Å². The summed E-state index contributed by atoms with van der Waals surface area (Å²) in [6, 6.07) is 0. The topological polar surface area (TPSA) is 84.0 Å². The van der Waals surface area contributed by atoms with Crippen molar-refractivity contribution in [3.8, 4) is 0 Å². The van der Waals surface area contributed by atoms with Crippen molar-refractivity contribution in [2.45, 2.75) is 25.7 Å². The number of aryl methyl sites for hydroxylation is 1. The molecule has 1 fully saturated rings. The van der Waals surface area contributed by atoms with Crippen molar-refractivity contribution in [2.75, 3.05) is 13.1 Å². The predicted octanol–water partition coefficient (Wildman–Crippen LogP) is 0.0516. The first-order valence-corrected chi connectivity index (χ1v) is 6.54. The highest BCUT2D eigenvalue weighted by Crippen LogP contribution is 2.11. The number of aromatic nitrogens is 2. The van der Waals surface area contributed by atoms with E-state index in [1.165, 1.54) is 6.33 Å². The van der Waals surface area contributed by atoms with Crippen LogP contribution in [0.1, 0.15) is 24.8 Å². The molecule has 1 aliphatic heterocycles. The average molecular weight is 262 g/mol. The summed E-state index contributed by atoms with van der Waals surface area (Å²) in [6.07, 6.45) is 7.22. The van der Waals surface area contributed by atoms with Crippen molar-refractivity contribution in [3.05, 3.63) is 24.3 Å². The minimum Gasteiger partial charge on any atom is -0.317 e. The SMILES string of the molecule is O=C(CCc1cncnc1)NC(=O)C1CCNCC1. The second-order valence-corrected chi connectivity index (χ2v) is 4.68. The van der Waals surface area contributed by atoms with E-state index in [1.54, 1.807) is 12.4 Å². The second-order valence-electron chi connectivity index (χ2n) is 4.68. The van der Waals surface area contributed by atoms with Crippen LogP contribution in [-0.2, 0) is 16.0 Å². The largest absolute Gasteiger partial charge is 0.317 e. The van der Waals surface area contributed by atoms with Crippen molar-refractivity contribution in [3.63, 3.8) is 0 Å². The molecule has 1 aliphatic rings. The zero-order chi connectivity index (χ0) is 13.5. The van der Waals surface area contributed by atoms with E-state index < -0.39 is 0 Å². The smallest absolute Gasteiger partial charge is 0.229 e. The highest BCUT2D eigenvalue weighted by atomic mass is 16.2. The van der Waals surface area contributed by atoms with Gasteiger partial charge in [0.1, 0.15) is 6.33 Å². The molecule has 2 heterocycles. The normalized spacial score (nSPS) is 16.0. The Hall–Kier alpha value is -1.82. The van der Waals surface area contributed by atoms with Crippen LogP contribution in [0.15, 0.2) is 18.7 Å². The van der Waals surface area contributed by atoms with Gasteiger partial charge in [0.05, 0.1) is 0 Å². The fraction of sp³-hybridized carbons (Fsp3) is 0.538. The first-order valence-electron chi connectivity index (χ1n) is 6.54. The fourth-order valence-corrected chi connectivity index (χ4v) is 2.10. The Labute approximate surface area is 112 Å². The molecule has 0 bridgehead atoms. The van der Waals surface area contributed by atoms with Crippen LogP contribution in [0.5, 0.6) is 0 Å². The monoisotopic (exact) mass is 262 g/mol. The van der Waals surface area contributed by atoms with Crippen molar-refractivity contribution in [1.82, 2.24) is 20.6 Å². The molecule has 0 saturated carbocycles. The van der Waals surface area contributed by atoms with Crippen molar-refractivity contribution < 1.29 is 9.59 Å². The highest BCUT2D eigenvalue weighted by molar-refractivity contribution is 5.96. The van der Waals surface area contributed by atoms with E-state index in [2.05, 4.69) is 20.6 Å². The molecule has 6 nitrogen and oxygen atoms in total. The third-order valence-electron chi connectivity index (χ3n) is 3.23. The van der Waals surface area contributed by atoms with Gasteiger partial charge < -0.3 is 5.32 Å². The molecule has 0 atom stereocenters. The first kappa shape index (κ1) is 13.6. The Balaban J connectivity index is 1.73. The minimum absolute atomic E-state index is 0.0368. The van der Waals surface area contributed by atoms with Gasteiger partial charge >= 0.3 is 0 Å². The molecule has 0 radical (unpaired) electrons. The van der Waals surface area contributed by atoms with Crippen LogP contribution in [0.2, 0.25) is 0 Å². The van der Waals surface area contributed by atoms with Gasteiger partial charge in [0.2, 0.25) is 11.8 Å². The van der Waals surface area contributed by atoms with Crippen LogP contribution in [0.4, 0.5) is 0 Å². The third kappa shape index (κ3) is 4.40. The summed E-state index contributed by atoms with van der Waals surface area (Å²) in [5.74, 6) is -0.409. The molecule has 0 spiro atoms. The van der Waals surface area contributed by atoms with Crippen LogP contribution in [0, 0.1) is 5.92 Å². The quantitative estimate of drug-likeness (QED) is 0.801. The van der Waals surface area contributed by atoms with Crippen LogP contribution >= 0.6 is 0 Å². The zero-order valence-electron chi connectivity index (χ0n) is 10.8. The lowest BCUT2D eigenvalue weighted by molar-refractivity contribution is -0.133. The Kier molecular flexibility index (Phi) is 4.97. The third-order valence-corrected chi connectivity index (χ3v) is 3.23. The number of imide groups is 1. The first-order chi connectivity index (χ1) is 9.25. The molecular formula is C13H18N4O2. The second kappa shape index (κ2) is 6.94. The van der Waals surface area contributed by atoms with Crippen molar-refractivity contribution >= 4 is 11.8 Å². The summed E-state index contributed by atoms with van der Waals surface area (Å²) in [6.45, 7) is 1.68. The average Bonchev–Trinajstić information content (AvgIpc) is 2.47. The maximum atomic E-state index is 11.8. The minimum atomic E-state index is -0.229. The van der Waals surface area contributed by atoms with E-state index in [4.69, 9.17) is 0 Å². The number of nitrogens with one attached hydrogen (secondary N) is 2. The summed E-state index contributed by atoms with van der Waals surface area (Å²) in [7, 11) is 0. The lowest BCUT2D eigenvalue weighted by Crippen LogP contribution is -2.40. The van der Waals surface area contributed by atoms with Crippen molar-refractivity contribution in [1.29, 1.82) is 0 Å². The Morgan fingerprint density at radius 2 is 1.95 bits per heavy atom. The van der Waals surface area contributed by atoms with Gasteiger partial charge in [0.25, 0.3) is 0 Å². The van der Waals surface area contributed by atoms with E-state index in [9.17, 15) is 9.59 Å². The molecular weight excluding hydrogens is 244 g/mol. The van der Waals surface area contributed by atoms with Crippen molar-refractivity contribution in [2.24, 2.45) is 5.92 Å². The number of piperidine rings is 1. The van der Waals surface area contributed by atoms with Gasteiger partial charge in [-0.2, -0.15) is 0 Å².